The highest BCUT2D eigenvalue weighted by Gasteiger charge is 2.22. The highest BCUT2D eigenvalue weighted by molar-refractivity contribution is 9.10. The zero-order chi connectivity index (χ0) is 17.8. The smallest absolute Gasteiger partial charge is 0.356 e. The molecule has 1 N–H and O–H groups in total. The van der Waals surface area contributed by atoms with E-state index in [1.54, 1.807) is 6.07 Å². The predicted octanol–water partition coefficient (Wildman–Crippen LogP) is 3.75. The van der Waals surface area contributed by atoms with Crippen LogP contribution in [0.3, 0.4) is 0 Å². The fourth-order valence-corrected chi connectivity index (χ4v) is 2.88. The van der Waals surface area contributed by atoms with Crippen molar-refractivity contribution in [2.75, 3.05) is 18.1 Å². The molecule has 0 bridgehead atoms. The molecule has 3 rings (SSSR count). The molecule has 0 saturated heterocycles. The molecule has 0 amide bonds. The number of aromatic carboxylic acids is 1. The van der Waals surface area contributed by atoms with Crippen LogP contribution < -0.4 is 9.64 Å². The number of benzene rings is 1. The first-order valence-corrected chi connectivity index (χ1v) is 9.09. The molecule has 6 nitrogen and oxygen atoms in total. The van der Waals surface area contributed by atoms with E-state index < -0.39 is 5.97 Å². The van der Waals surface area contributed by atoms with Gasteiger partial charge in [0.25, 0.3) is 0 Å². The second-order valence-corrected chi connectivity index (χ2v) is 7.02. The lowest BCUT2D eigenvalue weighted by atomic mass is 10.2. The maximum Gasteiger partial charge on any atom is 0.356 e. The number of ether oxygens (including phenoxy) is 1. The Kier molecular flexibility index (Phi) is 5.53. The summed E-state index contributed by atoms with van der Waals surface area (Å²) in [6, 6.07) is 9.16. The normalized spacial score (nSPS) is 13.5. The zero-order valence-corrected chi connectivity index (χ0v) is 15.6. The predicted molar refractivity (Wildman–Crippen MR) is 98.1 cm³/mol. The van der Waals surface area contributed by atoms with Crippen LogP contribution in [0.2, 0.25) is 0 Å². The largest absolute Gasteiger partial charge is 0.493 e. The van der Waals surface area contributed by atoms with Crippen LogP contribution >= 0.6 is 15.9 Å². The SMILES string of the molecule is CCN(Cc1cc(Br)ccc1OCC1CC1)c1ccc(C(=O)O)nn1. The monoisotopic (exact) mass is 405 g/mol. The molecule has 1 aliphatic carbocycles. The average molecular weight is 406 g/mol. The van der Waals surface area contributed by atoms with Gasteiger partial charge < -0.3 is 14.7 Å². The van der Waals surface area contributed by atoms with Crippen molar-refractivity contribution in [2.24, 2.45) is 5.92 Å². The van der Waals surface area contributed by atoms with Crippen LogP contribution in [0.25, 0.3) is 0 Å². The maximum absolute atomic E-state index is 10.9. The number of carboxylic acids is 1. The first-order valence-electron chi connectivity index (χ1n) is 8.30. The standard InChI is InChI=1S/C18H20BrN3O3/c1-2-22(17-8-6-15(18(23)24)20-21-17)10-13-9-14(19)5-7-16(13)25-11-12-3-4-12/h5-9,12H,2-4,10-11H2,1H3,(H,23,24). The molecular weight excluding hydrogens is 386 g/mol. The van der Waals surface area contributed by atoms with Gasteiger partial charge >= 0.3 is 5.97 Å². The lowest BCUT2D eigenvalue weighted by molar-refractivity contribution is 0.0689. The Morgan fingerprint density at radius 1 is 1.32 bits per heavy atom. The van der Waals surface area contributed by atoms with Gasteiger partial charge in [-0.15, -0.1) is 10.2 Å². The van der Waals surface area contributed by atoms with Crippen molar-refractivity contribution in [2.45, 2.75) is 26.3 Å². The second kappa shape index (κ2) is 7.82. The first kappa shape index (κ1) is 17.7. The summed E-state index contributed by atoms with van der Waals surface area (Å²) in [6.07, 6.45) is 2.50. The molecule has 1 heterocycles. The van der Waals surface area contributed by atoms with Gasteiger partial charge in [0, 0.05) is 23.1 Å². The average Bonchev–Trinajstić information content (AvgIpc) is 3.43. The Hall–Kier alpha value is -2.15. The number of carboxylic acid groups (broad SMARTS) is 1. The number of aromatic nitrogens is 2. The van der Waals surface area contributed by atoms with Crippen molar-refractivity contribution in [1.29, 1.82) is 0 Å². The van der Waals surface area contributed by atoms with Gasteiger partial charge in [-0.1, -0.05) is 15.9 Å². The molecular formula is C18H20BrN3O3. The van der Waals surface area contributed by atoms with Crippen LogP contribution in [0.4, 0.5) is 5.82 Å². The zero-order valence-electron chi connectivity index (χ0n) is 14.0. The van der Waals surface area contributed by atoms with Crippen LogP contribution in [0.15, 0.2) is 34.8 Å². The molecule has 0 unspecified atom stereocenters. The third-order valence-corrected chi connectivity index (χ3v) is 4.62. The van der Waals surface area contributed by atoms with E-state index in [1.807, 2.05) is 30.0 Å². The highest BCUT2D eigenvalue weighted by atomic mass is 79.9. The van der Waals surface area contributed by atoms with Gasteiger partial charge in [0.1, 0.15) is 5.75 Å². The van der Waals surface area contributed by atoms with Gasteiger partial charge in [0.05, 0.1) is 6.61 Å². The Morgan fingerprint density at radius 2 is 2.12 bits per heavy atom. The molecule has 0 aliphatic heterocycles. The Morgan fingerprint density at radius 3 is 2.72 bits per heavy atom. The molecule has 25 heavy (non-hydrogen) atoms. The summed E-state index contributed by atoms with van der Waals surface area (Å²) in [5.41, 5.74) is 0.997. The maximum atomic E-state index is 10.9. The molecule has 1 fully saturated rings. The molecule has 2 aromatic rings. The Labute approximate surface area is 155 Å². The Balaban J connectivity index is 1.77. The lowest BCUT2D eigenvalue weighted by Gasteiger charge is -2.23. The minimum atomic E-state index is -1.08. The van der Waals surface area contributed by atoms with Crippen molar-refractivity contribution in [3.63, 3.8) is 0 Å². The number of rotatable bonds is 8. The molecule has 7 heteroatoms. The summed E-state index contributed by atoms with van der Waals surface area (Å²) in [7, 11) is 0. The first-order chi connectivity index (χ1) is 12.1. The van der Waals surface area contributed by atoms with Crippen LogP contribution in [0.5, 0.6) is 5.75 Å². The second-order valence-electron chi connectivity index (χ2n) is 6.10. The van der Waals surface area contributed by atoms with E-state index in [1.165, 1.54) is 18.9 Å². The van der Waals surface area contributed by atoms with Crippen molar-refractivity contribution in [3.05, 3.63) is 46.1 Å². The lowest BCUT2D eigenvalue weighted by Crippen LogP contribution is -2.24. The van der Waals surface area contributed by atoms with Crippen LogP contribution in [-0.4, -0.2) is 34.4 Å². The molecule has 132 valence electrons. The summed E-state index contributed by atoms with van der Waals surface area (Å²) in [5.74, 6) is 1.13. The summed E-state index contributed by atoms with van der Waals surface area (Å²) >= 11 is 3.51. The topological polar surface area (TPSA) is 75.5 Å². The molecule has 1 aromatic carbocycles. The van der Waals surface area contributed by atoms with Crippen molar-refractivity contribution >= 4 is 27.7 Å². The van der Waals surface area contributed by atoms with Gasteiger partial charge in [-0.3, -0.25) is 0 Å². The molecule has 0 spiro atoms. The summed E-state index contributed by atoms with van der Waals surface area (Å²) < 4.78 is 6.98. The molecule has 1 aliphatic rings. The van der Waals surface area contributed by atoms with Gasteiger partial charge in [-0.05, 0) is 56.0 Å². The van der Waals surface area contributed by atoms with E-state index in [-0.39, 0.29) is 5.69 Å². The number of halogens is 1. The van der Waals surface area contributed by atoms with E-state index in [4.69, 9.17) is 9.84 Å². The van der Waals surface area contributed by atoms with E-state index in [9.17, 15) is 4.79 Å². The van der Waals surface area contributed by atoms with Gasteiger partial charge in [0.2, 0.25) is 0 Å². The van der Waals surface area contributed by atoms with Gasteiger partial charge in [0.15, 0.2) is 11.5 Å². The minimum Gasteiger partial charge on any atom is -0.493 e. The minimum absolute atomic E-state index is 0.0595. The van der Waals surface area contributed by atoms with E-state index in [2.05, 4.69) is 26.1 Å². The summed E-state index contributed by atoms with van der Waals surface area (Å²) in [6.45, 7) is 4.11. The van der Waals surface area contributed by atoms with Crippen LogP contribution in [-0.2, 0) is 6.54 Å². The van der Waals surface area contributed by atoms with Crippen molar-refractivity contribution in [1.82, 2.24) is 10.2 Å². The fraction of sp³-hybridized carbons (Fsp3) is 0.389. The Bertz CT molecular complexity index is 748. The number of carbonyl (C=O) groups is 1. The van der Waals surface area contributed by atoms with E-state index in [0.717, 1.165) is 28.9 Å². The molecule has 0 atom stereocenters. The third-order valence-electron chi connectivity index (χ3n) is 4.13. The third kappa shape index (κ3) is 4.69. The highest BCUT2D eigenvalue weighted by Crippen LogP contribution is 2.32. The quantitative estimate of drug-likeness (QED) is 0.720. The van der Waals surface area contributed by atoms with Gasteiger partial charge in [-0.25, -0.2) is 4.79 Å². The van der Waals surface area contributed by atoms with E-state index >= 15 is 0 Å². The fourth-order valence-electron chi connectivity index (χ4n) is 2.47. The van der Waals surface area contributed by atoms with Crippen molar-refractivity contribution in [3.8, 4) is 5.75 Å². The molecule has 0 radical (unpaired) electrons. The van der Waals surface area contributed by atoms with E-state index in [0.29, 0.717) is 18.3 Å². The number of hydrogen-bond acceptors (Lipinski definition) is 5. The summed E-state index contributed by atoms with van der Waals surface area (Å²) in [5, 5.41) is 16.8. The van der Waals surface area contributed by atoms with Crippen LogP contribution in [0, 0.1) is 5.92 Å². The number of nitrogens with zero attached hydrogens (tertiary/aromatic N) is 3. The van der Waals surface area contributed by atoms with Crippen LogP contribution in [0.1, 0.15) is 35.8 Å². The number of anilines is 1. The van der Waals surface area contributed by atoms with Crippen molar-refractivity contribution < 1.29 is 14.6 Å². The molecule has 1 saturated carbocycles. The van der Waals surface area contributed by atoms with Gasteiger partial charge in [-0.2, -0.15) is 0 Å². The number of hydrogen-bond donors (Lipinski definition) is 1. The summed E-state index contributed by atoms with van der Waals surface area (Å²) in [4.78, 5) is 13.0. The molecule has 1 aromatic heterocycles.